The molecule has 0 bridgehead atoms. The van der Waals surface area contributed by atoms with Gasteiger partial charge in [-0.1, -0.05) is 0 Å². The number of hydrogen-bond acceptors (Lipinski definition) is 4. The maximum Gasteiger partial charge on any atom is 0.170 e. The number of anilines is 1. The molecule has 0 radical (unpaired) electrons. The maximum absolute atomic E-state index is 14.3. The summed E-state index contributed by atoms with van der Waals surface area (Å²) in [6.45, 7) is 7.03. The largest absolute Gasteiger partial charge is 0.356 e. The van der Waals surface area contributed by atoms with Gasteiger partial charge in [0.2, 0.25) is 0 Å². The number of nitrogens with one attached hydrogen (secondary N) is 1. The van der Waals surface area contributed by atoms with Gasteiger partial charge in [0.05, 0.1) is 12.5 Å². The van der Waals surface area contributed by atoms with E-state index in [2.05, 4.69) is 10.3 Å². The number of nitrogens with zero attached hydrogens (tertiary/aromatic N) is 3. The summed E-state index contributed by atoms with van der Waals surface area (Å²) >= 11 is 0. The molecule has 1 rings (SSSR count). The van der Waals surface area contributed by atoms with E-state index < -0.39 is 0 Å². The standard InChI is InChI=1S/C14H21FN4/c1-14(2,3)18-10-11-6-8-17-13(12(11)15)19(4)9-5-7-16/h6,8,18H,5,9-10H2,1-4H3. The van der Waals surface area contributed by atoms with Gasteiger partial charge in [0.1, 0.15) is 0 Å². The van der Waals surface area contributed by atoms with E-state index in [1.807, 2.05) is 26.8 Å². The van der Waals surface area contributed by atoms with Crippen LogP contribution in [-0.4, -0.2) is 24.1 Å². The van der Waals surface area contributed by atoms with E-state index in [4.69, 9.17) is 5.26 Å². The number of hydrogen-bond donors (Lipinski definition) is 1. The zero-order chi connectivity index (χ0) is 14.5. The van der Waals surface area contributed by atoms with Crippen molar-refractivity contribution in [3.8, 4) is 6.07 Å². The highest BCUT2D eigenvalue weighted by atomic mass is 19.1. The molecule has 19 heavy (non-hydrogen) atoms. The second-order valence-electron chi connectivity index (χ2n) is 5.54. The Balaban J connectivity index is 2.83. The highest BCUT2D eigenvalue weighted by molar-refractivity contribution is 5.42. The molecule has 0 unspecified atom stereocenters. The first kappa shape index (κ1) is 15.4. The van der Waals surface area contributed by atoms with Gasteiger partial charge >= 0.3 is 0 Å². The summed E-state index contributed by atoms with van der Waals surface area (Å²) in [6.07, 6.45) is 1.95. The summed E-state index contributed by atoms with van der Waals surface area (Å²) in [5, 5.41) is 11.8. The maximum atomic E-state index is 14.3. The van der Waals surface area contributed by atoms with Gasteiger partial charge in [-0.15, -0.1) is 0 Å². The molecule has 0 fully saturated rings. The molecule has 0 aliphatic heterocycles. The van der Waals surface area contributed by atoms with Crippen molar-refractivity contribution in [2.75, 3.05) is 18.5 Å². The normalized spacial score (nSPS) is 11.2. The zero-order valence-electron chi connectivity index (χ0n) is 12.0. The van der Waals surface area contributed by atoms with Gasteiger partial charge in [-0.05, 0) is 26.8 Å². The van der Waals surface area contributed by atoms with Crippen molar-refractivity contribution in [1.29, 1.82) is 5.26 Å². The van der Waals surface area contributed by atoms with Gasteiger partial charge in [0.25, 0.3) is 0 Å². The number of nitriles is 1. The van der Waals surface area contributed by atoms with E-state index >= 15 is 0 Å². The molecule has 1 aromatic heterocycles. The fraction of sp³-hybridized carbons (Fsp3) is 0.571. The van der Waals surface area contributed by atoms with Gasteiger partial charge in [0, 0.05) is 37.4 Å². The van der Waals surface area contributed by atoms with Crippen molar-refractivity contribution in [1.82, 2.24) is 10.3 Å². The van der Waals surface area contributed by atoms with E-state index in [1.54, 1.807) is 24.2 Å². The fourth-order valence-electron chi connectivity index (χ4n) is 1.56. The summed E-state index contributed by atoms with van der Waals surface area (Å²) in [5.41, 5.74) is 0.520. The quantitative estimate of drug-likeness (QED) is 0.887. The van der Waals surface area contributed by atoms with Gasteiger partial charge < -0.3 is 10.2 Å². The number of halogens is 1. The second-order valence-corrected chi connectivity index (χ2v) is 5.54. The van der Waals surface area contributed by atoms with Crippen LogP contribution in [0.2, 0.25) is 0 Å². The molecule has 104 valence electrons. The van der Waals surface area contributed by atoms with E-state index in [1.165, 1.54) is 0 Å². The number of pyridine rings is 1. The molecule has 0 aliphatic rings. The summed E-state index contributed by atoms with van der Waals surface area (Å²) in [4.78, 5) is 5.72. The molecular formula is C14H21FN4. The minimum absolute atomic E-state index is 0.0669. The molecule has 0 aromatic carbocycles. The summed E-state index contributed by atoms with van der Waals surface area (Å²) < 4.78 is 14.3. The predicted octanol–water partition coefficient (Wildman–Crippen LogP) is 2.46. The molecule has 4 nitrogen and oxygen atoms in total. The van der Waals surface area contributed by atoms with Gasteiger partial charge in [-0.2, -0.15) is 5.26 Å². The van der Waals surface area contributed by atoms with Gasteiger partial charge in [-0.3, -0.25) is 0 Å². The average Bonchev–Trinajstić information content (AvgIpc) is 2.33. The van der Waals surface area contributed by atoms with Crippen LogP contribution in [0.4, 0.5) is 10.2 Å². The van der Waals surface area contributed by atoms with Crippen LogP contribution in [0.15, 0.2) is 12.3 Å². The lowest BCUT2D eigenvalue weighted by Gasteiger charge is -2.22. The monoisotopic (exact) mass is 264 g/mol. The minimum atomic E-state index is -0.320. The molecule has 0 saturated carbocycles. The van der Waals surface area contributed by atoms with Crippen LogP contribution in [-0.2, 0) is 6.54 Å². The Labute approximate surface area is 114 Å². The SMILES string of the molecule is CN(CCC#N)c1nccc(CNC(C)(C)C)c1F. The molecule has 0 aliphatic carbocycles. The van der Waals surface area contributed by atoms with Crippen LogP contribution in [0.3, 0.4) is 0 Å². The molecular weight excluding hydrogens is 243 g/mol. The van der Waals surface area contributed by atoms with Gasteiger partial charge in [0.15, 0.2) is 11.6 Å². The first-order valence-electron chi connectivity index (χ1n) is 6.31. The highest BCUT2D eigenvalue weighted by Gasteiger charge is 2.15. The van der Waals surface area contributed by atoms with E-state index in [0.717, 1.165) is 0 Å². The molecule has 0 atom stereocenters. The van der Waals surface area contributed by atoms with Crippen LogP contribution in [0, 0.1) is 17.1 Å². The summed E-state index contributed by atoms with van der Waals surface area (Å²) in [5.74, 6) is -0.0249. The lowest BCUT2D eigenvalue weighted by atomic mass is 10.1. The first-order chi connectivity index (χ1) is 8.85. The van der Waals surface area contributed by atoms with Crippen molar-refractivity contribution < 1.29 is 4.39 Å². The Bertz CT molecular complexity index is 459. The number of rotatable bonds is 5. The van der Waals surface area contributed by atoms with Crippen LogP contribution >= 0.6 is 0 Å². The lowest BCUT2D eigenvalue weighted by molar-refractivity contribution is 0.418. The summed E-state index contributed by atoms with van der Waals surface area (Å²) in [7, 11) is 1.74. The molecule has 0 amide bonds. The predicted molar refractivity (Wildman–Crippen MR) is 74.3 cm³/mol. The van der Waals surface area contributed by atoms with Crippen LogP contribution in [0.25, 0.3) is 0 Å². The van der Waals surface area contributed by atoms with E-state index in [-0.39, 0.29) is 11.4 Å². The Morgan fingerprint density at radius 3 is 2.74 bits per heavy atom. The fourth-order valence-corrected chi connectivity index (χ4v) is 1.56. The Morgan fingerprint density at radius 1 is 1.47 bits per heavy atom. The van der Waals surface area contributed by atoms with Crippen molar-refractivity contribution >= 4 is 5.82 Å². The highest BCUT2D eigenvalue weighted by Crippen LogP contribution is 2.19. The molecule has 1 aromatic rings. The first-order valence-corrected chi connectivity index (χ1v) is 6.31. The van der Waals surface area contributed by atoms with Crippen molar-refractivity contribution in [2.45, 2.75) is 39.3 Å². The molecule has 0 saturated heterocycles. The van der Waals surface area contributed by atoms with Crippen molar-refractivity contribution in [2.24, 2.45) is 0 Å². The number of aromatic nitrogens is 1. The Kier molecular flexibility index (Phi) is 5.25. The average molecular weight is 264 g/mol. The Morgan fingerprint density at radius 2 is 2.16 bits per heavy atom. The van der Waals surface area contributed by atoms with Crippen molar-refractivity contribution in [3.63, 3.8) is 0 Å². The third-order valence-electron chi connectivity index (χ3n) is 2.68. The zero-order valence-corrected chi connectivity index (χ0v) is 12.0. The Hall–Kier alpha value is -1.67. The topological polar surface area (TPSA) is 52.0 Å². The van der Waals surface area contributed by atoms with Crippen LogP contribution in [0.5, 0.6) is 0 Å². The molecule has 5 heteroatoms. The van der Waals surface area contributed by atoms with Crippen LogP contribution < -0.4 is 10.2 Å². The second kappa shape index (κ2) is 6.48. The third-order valence-corrected chi connectivity index (χ3v) is 2.68. The lowest BCUT2D eigenvalue weighted by Crippen LogP contribution is -2.35. The van der Waals surface area contributed by atoms with Gasteiger partial charge in [-0.25, -0.2) is 9.37 Å². The van der Waals surface area contributed by atoms with E-state index in [0.29, 0.717) is 30.9 Å². The van der Waals surface area contributed by atoms with E-state index in [9.17, 15) is 4.39 Å². The molecule has 0 spiro atoms. The van der Waals surface area contributed by atoms with Crippen LogP contribution in [0.1, 0.15) is 32.8 Å². The van der Waals surface area contributed by atoms with Crippen molar-refractivity contribution in [3.05, 3.63) is 23.6 Å². The smallest absolute Gasteiger partial charge is 0.170 e. The minimum Gasteiger partial charge on any atom is -0.356 e. The molecule has 1 N–H and O–H groups in total. The summed E-state index contributed by atoms with van der Waals surface area (Å²) in [6, 6.07) is 3.72. The third kappa shape index (κ3) is 4.84. The molecule has 1 heterocycles.